The van der Waals surface area contributed by atoms with Crippen molar-refractivity contribution in [2.24, 2.45) is 0 Å². The van der Waals surface area contributed by atoms with Crippen LogP contribution in [0.25, 0.3) is 49.4 Å². The summed E-state index contributed by atoms with van der Waals surface area (Å²) < 4.78 is 0. The van der Waals surface area contributed by atoms with Crippen LogP contribution in [-0.4, -0.2) is 0 Å². The van der Waals surface area contributed by atoms with Gasteiger partial charge in [0.15, 0.2) is 0 Å². The highest BCUT2D eigenvalue weighted by Gasteiger charge is 2.13. The van der Waals surface area contributed by atoms with E-state index in [0.29, 0.717) is 5.56 Å². The van der Waals surface area contributed by atoms with E-state index in [1.165, 1.54) is 27.1 Å². The maximum atomic E-state index is 9.26. The Bertz CT molecular complexity index is 1790. The third-order valence-corrected chi connectivity index (χ3v) is 6.83. The highest BCUT2D eigenvalue weighted by molar-refractivity contribution is 6.14. The van der Waals surface area contributed by atoms with Crippen LogP contribution in [0.3, 0.4) is 0 Å². The molecule has 0 atom stereocenters. The lowest BCUT2D eigenvalue weighted by atomic mass is 9.88. The van der Waals surface area contributed by atoms with Crippen LogP contribution in [0.2, 0.25) is 0 Å². The summed E-state index contributed by atoms with van der Waals surface area (Å²) >= 11 is 0. The Morgan fingerprint density at radius 3 is 1.92 bits per heavy atom. The molecule has 0 radical (unpaired) electrons. The van der Waals surface area contributed by atoms with E-state index in [4.69, 9.17) is 0 Å². The van der Waals surface area contributed by atoms with Gasteiger partial charge in [-0.1, -0.05) is 97.6 Å². The summed E-state index contributed by atoms with van der Waals surface area (Å²) in [5, 5.41) is 14.2. The van der Waals surface area contributed by atoms with Crippen LogP contribution < -0.4 is 0 Å². The van der Waals surface area contributed by atoms with E-state index >= 15 is 0 Å². The second-order valence-corrected chi connectivity index (χ2v) is 9.02. The van der Waals surface area contributed by atoms with Crippen LogP contribution in [0.4, 0.5) is 0 Å². The molecule has 0 spiro atoms. The molecule has 168 valence electrons. The van der Waals surface area contributed by atoms with Crippen LogP contribution in [0.5, 0.6) is 0 Å². The Morgan fingerprint density at radius 2 is 1.17 bits per heavy atom. The predicted molar refractivity (Wildman–Crippen MR) is 152 cm³/mol. The van der Waals surface area contributed by atoms with Gasteiger partial charge in [0.1, 0.15) is 0 Å². The van der Waals surface area contributed by atoms with Crippen molar-refractivity contribution in [1.29, 1.82) is 5.26 Å². The van der Waals surface area contributed by atoms with E-state index in [2.05, 4.69) is 97.6 Å². The van der Waals surface area contributed by atoms with E-state index < -0.39 is 0 Å². The first kappa shape index (κ1) is 21.6. The average Bonchev–Trinajstić information content (AvgIpc) is 2.96. The van der Waals surface area contributed by atoms with Crippen LogP contribution in [0.1, 0.15) is 16.7 Å². The summed E-state index contributed by atoms with van der Waals surface area (Å²) in [4.78, 5) is 0. The Kier molecular flexibility index (Phi) is 5.41. The number of hydrogen-bond donors (Lipinski definition) is 0. The van der Waals surface area contributed by atoms with Crippen LogP contribution in [0, 0.1) is 11.3 Å². The number of hydrogen-bond acceptors (Lipinski definition) is 1. The summed E-state index contributed by atoms with van der Waals surface area (Å²) in [5.74, 6) is 0. The van der Waals surface area contributed by atoms with Gasteiger partial charge in [0.25, 0.3) is 0 Å². The van der Waals surface area contributed by atoms with Crippen LogP contribution in [0.15, 0.2) is 134 Å². The molecule has 0 unspecified atom stereocenters. The number of nitrogens with zero attached hydrogens (tertiary/aromatic N) is 1. The summed E-state index contributed by atoms with van der Waals surface area (Å²) in [7, 11) is 0. The third kappa shape index (κ3) is 3.86. The lowest BCUT2D eigenvalue weighted by Crippen LogP contribution is -1.92. The van der Waals surface area contributed by atoms with Crippen molar-refractivity contribution in [3.63, 3.8) is 0 Å². The quantitative estimate of drug-likeness (QED) is 0.242. The highest BCUT2D eigenvalue weighted by Crippen LogP contribution is 2.38. The fraction of sp³-hybridized carbons (Fsp3) is 0. The minimum Gasteiger partial charge on any atom is -0.192 e. The average molecular weight is 458 g/mol. The monoisotopic (exact) mass is 457 g/mol. The van der Waals surface area contributed by atoms with Crippen molar-refractivity contribution >= 4 is 27.1 Å². The zero-order valence-corrected chi connectivity index (χ0v) is 19.8. The molecule has 0 saturated heterocycles. The normalized spacial score (nSPS) is 10.9. The smallest absolute Gasteiger partial charge is 0.0991 e. The van der Waals surface area contributed by atoms with Gasteiger partial charge in [-0.05, 0) is 96.9 Å². The molecule has 0 bridgehead atoms. The van der Waals surface area contributed by atoms with Crippen molar-refractivity contribution in [1.82, 2.24) is 0 Å². The van der Waals surface area contributed by atoms with Gasteiger partial charge in [0.2, 0.25) is 0 Å². The lowest BCUT2D eigenvalue weighted by molar-refractivity contribution is 1.48. The molecule has 0 saturated carbocycles. The zero-order valence-electron chi connectivity index (χ0n) is 19.8. The molecule has 36 heavy (non-hydrogen) atoms. The topological polar surface area (TPSA) is 23.8 Å². The van der Waals surface area contributed by atoms with Gasteiger partial charge in [-0.3, -0.25) is 0 Å². The number of nitriles is 1. The molecule has 0 aliphatic heterocycles. The van der Waals surface area contributed by atoms with E-state index in [9.17, 15) is 5.26 Å². The number of rotatable bonds is 4. The van der Waals surface area contributed by atoms with Crippen LogP contribution >= 0.6 is 0 Å². The molecule has 6 aromatic rings. The molecule has 0 aromatic heterocycles. The van der Waals surface area contributed by atoms with Gasteiger partial charge in [-0.25, -0.2) is 0 Å². The first-order valence-electron chi connectivity index (χ1n) is 12.0. The Balaban J connectivity index is 1.62. The minimum absolute atomic E-state index is 0.657. The Labute approximate surface area is 211 Å². The second kappa shape index (κ2) is 9.02. The van der Waals surface area contributed by atoms with Crippen molar-refractivity contribution < 1.29 is 0 Å². The lowest BCUT2D eigenvalue weighted by Gasteiger charge is -2.16. The largest absolute Gasteiger partial charge is 0.192 e. The van der Waals surface area contributed by atoms with Gasteiger partial charge in [0, 0.05) is 0 Å². The molecule has 6 aromatic carbocycles. The summed E-state index contributed by atoms with van der Waals surface area (Å²) in [6, 6.07) is 46.5. The fourth-order valence-corrected chi connectivity index (χ4v) is 4.96. The molecule has 0 amide bonds. The SMILES string of the molecule is C=C(c1ccccc1)c1cc(-c2ccc(C#N)cc2)cc(-c2cc3ccccc3c3ccccc23)c1. The van der Waals surface area contributed by atoms with Crippen molar-refractivity contribution in [2.75, 3.05) is 0 Å². The summed E-state index contributed by atoms with van der Waals surface area (Å²) in [6.07, 6.45) is 0. The Morgan fingerprint density at radius 1 is 0.528 bits per heavy atom. The molecule has 0 fully saturated rings. The fourth-order valence-electron chi connectivity index (χ4n) is 4.96. The van der Waals surface area contributed by atoms with E-state index in [0.717, 1.165) is 33.4 Å². The first-order chi connectivity index (χ1) is 17.7. The third-order valence-electron chi connectivity index (χ3n) is 6.83. The van der Waals surface area contributed by atoms with Gasteiger partial charge in [0.05, 0.1) is 11.6 Å². The van der Waals surface area contributed by atoms with Crippen molar-refractivity contribution in [2.45, 2.75) is 0 Å². The minimum atomic E-state index is 0.657. The summed E-state index contributed by atoms with van der Waals surface area (Å²) in [5.41, 5.74) is 8.33. The van der Waals surface area contributed by atoms with Gasteiger partial charge >= 0.3 is 0 Å². The molecular weight excluding hydrogens is 434 g/mol. The summed E-state index contributed by atoms with van der Waals surface area (Å²) in [6.45, 7) is 4.46. The highest BCUT2D eigenvalue weighted by atomic mass is 14.2. The zero-order chi connectivity index (χ0) is 24.5. The van der Waals surface area contributed by atoms with Crippen molar-refractivity contribution in [3.05, 3.63) is 151 Å². The number of fused-ring (bicyclic) bond motifs is 3. The van der Waals surface area contributed by atoms with Gasteiger partial charge in [-0.2, -0.15) is 5.26 Å². The second-order valence-electron chi connectivity index (χ2n) is 9.02. The van der Waals surface area contributed by atoms with Gasteiger partial charge < -0.3 is 0 Å². The molecule has 6 rings (SSSR count). The molecule has 1 nitrogen and oxygen atoms in total. The van der Waals surface area contributed by atoms with Crippen molar-refractivity contribution in [3.8, 4) is 28.3 Å². The standard InChI is InChI=1S/C35H23N/c1-24(26-9-3-2-4-10-26)29-19-30(27-17-15-25(23-36)16-18-27)21-31(20-29)35-22-28-11-5-6-12-32(28)33-13-7-8-14-34(33)35/h2-22H,1H2. The maximum Gasteiger partial charge on any atom is 0.0991 e. The van der Waals surface area contributed by atoms with Crippen LogP contribution in [-0.2, 0) is 0 Å². The van der Waals surface area contributed by atoms with E-state index in [1.807, 2.05) is 42.5 Å². The first-order valence-corrected chi connectivity index (χ1v) is 12.0. The molecule has 0 aliphatic rings. The number of benzene rings is 6. The van der Waals surface area contributed by atoms with Gasteiger partial charge in [-0.15, -0.1) is 0 Å². The molecule has 0 aliphatic carbocycles. The molecule has 0 heterocycles. The predicted octanol–water partition coefficient (Wildman–Crippen LogP) is 9.26. The van der Waals surface area contributed by atoms with E-state index in [1.54, 1.807) is 0 Å². The molecule has 1 heteroatoms. The molecular formula is C35H23N. The van der Waals surface area contributed by atoms with E-state index in [-0.39, 0.29) is 0 Å². The Hall–Kier alpha value is -4.93. The maximum absolute atomic E-state index is 9.26. The molecule has 0 N–H and O–H groups in total.